The Kier molecular flexibility index (Phi) is 5.70. The first-order chi connectivity index (χ1) is 16.5. The van der Waals surface area contributed by atoms with E-state index < -0.39 is 6.17 Å². The Hall–Kier alpha value is -3.20. The molecule has 1 atom stereocenters. The van der Waals surface area contributed by atoms with E-state index in [1.165, 1.54) is 0 Å². The molecule has 5 rings (SSSR count). The van der Waals surface area contributed by atoms with Crippen LogP contribution in [0.2, 0.25) is 0 Å². The van der Waals surface area contributed by atoms with Crippen LogP contribution in [0.1, 0.15) is 64.8 Å². The number of rotatable bonds is 4. The molecule has 0 aliphatic carbocycles. The number of phenolic OH excluding ortho intramolecular Hbond substituents is 1. The lowest BCUT2D eigenvalue weighted by molar-refractivity contribution is -0.695. The molecular formula is C26H32N7OS+. The number of benzene rings is 1. The van der Waals surface area contributed by atoms with Crippen molar-refractivity contribution in [2.45, 2.75) is 66.1 Å². The van der Waals surface area contributed by atoms with Crippen LogP contribution < -0.4 is 4.57 Å². The minimum absolute atomic E-state index is 0.124. The second-order valence-electron chi connectivity index (χ2n) is 11.0. The van der Waals surface area contributed by atoms with Crippen molar-refractivity contribution in [1.82, 2.24) is 19.8 Å². The van der Waals surface area contributed by atoms with Gasteiger partial charge in [0.05, 0.1) is 12.1 Å². The van der Waals surface area contributed by atoms with Crippen LogP contribution in [0.3, 0.4) is 0 Å². The van der Waals surface area contributed by atoms with Crippen LogP contribution in [0, 0.1) is 5.41 Å². The lowest BCUT2D eigenvalue weighted by Gasteiger charge is -2.25. The predicted octanol–water partition coefficient (Wildman–Crippen LogP) is 4.77. The Morgan fingerprint density at radius 3 is 2.40 bits per heavy atom. The van der Waals surface area contributed by atoms with Crippen molar-refractivity contribution in [3.63, 3.8) is 0 Å². The molecule has 0 saturated heterocycles. The average Bonchev–Trinajstić information content (AvgIpc) is 3.39. The number of aryl methyl sites for hydroxylation is 1. The van der Waals surface area contributed by atoms with Gasteiger partial charge in [0.25, 0.3) is 5.17 Å². The fourth-order valence-electron chi connectivity index (χ4n) is 4.22. The summed E-state index contributed by atoms with van der Waals surface area (Å²) in [5.41, 5.74) is 1.42. The second kappa shape index (κ2) is 8.48. The van der Waals surface area contributed by atoms with E-state index in [0.717, 1.165) is 39.7 Å². The summed E-state index contributed by atoms with van der Waals surface area (Å²) >= 11 is 1.59. The molecule has 8 nitrogen and oxygen atoms in total. The molecule has 2 aliphatic heterocycles. The maximum atomic E-state index is 10.8. The van der Waals surface area contributed by atoms with Gasteiger partial charge in [0.2, 0.25) is 12.0 Å². The number of aromatic hydroxyl groups is 1. The molecule has 182 valence electrons. The van der Waals surface area contributed by atoms with Crippen molar-refractivity contribution >= 4 is 27.9 Å². The number of hydrogen-bond donors (Lipinski definition) is 1. The molecule has 1 aromatic carbocycles. The highest BCUT2D eigenvalue weighted by Gasteiger charge is 2.48. The maximum Gasteiger partial charge on any atom is 0.387 e. The van der Waals surface area contributed by atoms with Gasteiger partial charge in [0.1, 0.15) is 10.8 Å². The molecular weight excluding hydrogens is 458 g/mol. The number of nitrogens with zero attached hydrogens (tertiary/aromatic N) is 7. The summed E-state index contributed by atoms with van der Waals surface area (Å²) in [4.78, 5) is 9.58. The van der Waals surface area contributed by atoms with Gasteiger partial charge in [-0.15, -0.1) is 0 Å². The zero-order chi connectivity index (χ0) is 25.0. The fourth-order valence-corrected chi connectivity index (χ4v) is 5.19. The summed E-state index contributed by atoms with van der Waals surface area (Å²) in [7, 11) is 0. The molecule has 35 heavy (non-hydrogen) atoms. The third-order valence-corrected chi connectivity index (χ3v) is 7.34. The Bertz CT molecular complexity index is 1320. The highest BCUT2D eigenvalue weighted by Crippen LogP contribution is 2.43. The number of pyridine rings is 1. The number of phenols is 1. The second-order valence-corrected chi connectivity index (χ2v) is 11.9. The van der Waals surface area contributed by atoms with E-state index in [1.807, 2.05) is 52.3 Å². The predicted molar refractivity (Wildman–Crippen MR) is 139 cm³/mol. The normalized spacial score (nSPS) is 17.7. The van der Waals surface area contributed by atoms with Gasteiger partial charge in [-0.05, 0) is 35.1 Å². The van der Waals surface area contributed by atoms with Crippen LogP contribution >= 0.6 is 11.8 Å². The quantitative estimate of drug-likeness (QED) is 0.533. The number of amidine groups is 1. The summed E-state index contributed by atoms with van der Waals surface area (Å²) in [5.74, 6) is 1.89. The minimum atomic E-state index is -0.441. The molecule has 0 radical (unpaired) electrons. The van der Waals surface area contributed by atoms with Gasteiger partial charge in [-0.1, -0.05) is 75.5 Å². The van der Waals surface area contributed by atoms with Crippen LogP contribution in [0.5, 0.6) is 5.75 Å². The zero-order valence-electron chi connectivity index (χ0n) is 21.1. The first-order valence-electron chi connectivity index (χ1n) is 11.9. The molecule has 0 spiro atoms. The Morgan fingerprint density at radius 2 is 1.74 bits per heavy atom. The Labute approximate surface area is 210 Å². The highest BCUT2D eigenvalue weighted by molar-refractivity contribution is 8.26. The standard InChI is InChI=1S/C26H31N7OS/c1-25(2,3)21-29-32-20(18-12-7-8-13-19(18)34)33-24(35-22(30-33)26(4,5)6)28-23(32)31(21)16-14-17-11-9-10-15-27-17/h7-13,15,20H,14,16H2,1-6H3/p+1. The first kappa shape index (κ1) is 23.5. The van der Waals surface area contributed by atoms with Crippen molar-refractivity contribution in [2.24, 2.45) is 15.5 Å². The molecule has 4 heterocycles. The van der Waals surface area contributed by atoms with Crippen LogP contribution in [-0.2, 0) is 18.4 Å². The van der Waals surface area contributed by atoms with E-state index >= 15 is 0 Å². The summed E-state index contributed by atoms with van der Waals surface area (Å²) in [6.07, 6.45) is 2.15. The van der Waals surface area contributed by atoms with Gasteiger partial charge < -0.3 is 5.11 Å². The lowest BCUT2D eigenvalue weighted by Crippen LogP contribution is -2.44. The van der Waals surface area contributed by atoms with Gasteiger partial charge >= 0.3 is 5.95 Å². The molecule has 2 aromatic heterocycles. The van der Waals surface area contributed by atoms with Crippen molar-refractivity contribution in [3.8, 4) is 5.75 Å². The number of hydrogen-bond acceptors (Lipinski definition) is 7. The molecule has 0 fully saturated rings. The molecule has 0 amide bonds. The van der Waals surface area contributed by atoms with E-state index in [-0.39, 0.29) is 16.6 Å². The third kappa shape index (κ3) is 4.33. The largest absolute Gasteiger partial charge is 0.507 e. The van der Waals surface area contributed by atoms with Crippen LogP contribution in [0.25, 0.3) is 0 Å². The van der Waals surface area contributed by atoms with Gasteiger partial charge in [-0.2, -0.15) is 10.1 Å². The number of fused-ring (bicyclic) bond motifs is 2. The molecule has 1 N–H and O–H groups in total. The summed E-state index contributed by atoms with van der Waals surface area (Å²) in [6, 6.07) is 13.4. The average molecular weight is 491 g/mol. The lowest BCUT2D eigenvalue weighted by atomic mass is 9.95. The van der Waals surface area contributed by atoms with E-state index in [0.29, 0.717) is 6.54 Å². The number of hydrazone groups is 1. The first-order valence-corrected chi connectivity index (χ1v) is 12.7. The summed E-state index contributed by atoms with van der Waals surface area (Å²) < 4.78 is 4.11. The van der Waals surface area contributed by atoms with Gasteiger partial charge in [-0.3, -0.25) is 4.98 Å². The van der Waals surface area contributed by atoms with Crippen molar-refractivity contribution in [1.29, 1.82) is 0 Å². The highest BCUT2D eigenvalue weighted by atomic mass is 32.2. The van der Waals surface area contributed by atoms with Crippen LogP contribution in [0.15, 0.2) is 58.8 Å². The van der Waals surface area contributed by atoms with E-state index in [9.17, 15) is 5.11 Å². The van der Waals surface area contributed by atoms with Gasteiger partial charge in [0.15, 0.2) is 0 Å². The molecule has 3 aromatic rings. The fraction of sp³-hybridized carbons (Fsp3) is 0.423. The van der Waals surface area contributed by atoms with Crippen molar-refractivity contribution in [2.75, 3.05) is 0 Å². The minimum Gasteiger partial charge on any atom is -0.507 e. The van der Waals surface area contributed by atoms with Crippen LogP contribution in [-0.4, -0.2) is 35.1 Å². The smallest absolute Gasteiger partial charge is 0.387 e. The summed E-state index contributed by atoms with van der Waals surface area (Å²) in [5, 5.41) is 24.6. The third-order valence-electron chi connectivity index (χ3n) is 5.99. The number of aromatic nitrogens is 4. The van der Waals surface area contributed by atoms with Gasteiger partial charge in [0, 0.05) is 29.1 Å². The van der Waals surface area contributed by atoms with E-state index in [2.05, 4.69) is 51.1 Å². The maximum absolute atomic E-state index is 10.8. The van der Waals surface area contributed by atoms with Crippen molar-refractivity contribution < 1.29 is 9.67 Å². The number of aliphatic imine (C=N–C) groups is 1. The Balaban J connectivity index is 1.68. The number of thioether (sulfide) groups is 1. The molecule has 0 saturated carbocycles. The van der Waals surface area contributed by atoms with E-state index in [4.69, 9.17) is 15.2 Å². The summed E-state index contributed by atoms with van der Waals surface area (Å²) in [6.45, 7) is 13.6. The monoisotopic (exact) mass is 490 g/mol. The van der Waals surface area contributed by atoms with Gasteiger partial charge in [-0.25, -0.2) is 4.57 Å². The Morgan fingerprint density at radius 1 is 1.00 bits per heavy atom. The molecule has 9 heteroatoms. The number of para-hydroxylation sites is 1. The molecule has 1 unspecified atom stereocenters. The molecule has 2 aliphatic rings. The topological polar surface area (TPSA) is 82.8 Å². The zero-order valence-corrected chi connectivity index (χ0v) is 21.9. The van der Waals surface area contributed by atoms with Crippen LogP contribution in [0.4, 0.5) is 5.95 Å². The SMILES string of the molecule is CC(C)(C)C1=NN2C(=Nc3n(nc(C(C)(C)C)[n+]3CCc3ccccn3)C2c2ccccc2O)S1. The molecule has 0 bridgehead atoms. The van der Waals surface area contributed by atoms with E-state index in [1.54, 1.807) is 17.8 Å². The van der Waals surface area contributed by atoms with Crippen molar-refractivity contribution in [3.05, 3.63) is 65.7 Å².